The summed E-state index contributed by atoms with van der Waals surface area (Å²) in [4.78, 5) is 15.8. The van der Waals surface area contributed by atoms with Gasteiger partial charge in [0, 0.05) is 24.5 Å². The first-order chi connectivity index (χ1) is 12.8. The van der Waals surface area contributed by atoms with Crippen molar-refractivity contribution < 1.29 is 18.0 Å². The Labute approximate surface area is 156 Å². The first-order valence-electron chi connectivity index (χ1n) is 7.73. The van der Waals surface area contributed by atoms with Crippen LogP contribution < -0.4 is 5.32 Å². The van der Waals surface area contributed by atoms with E-state index in [0.29, 0.717) is 16.5 Å². The molecule has 1 aromatic carbocycles. The van der Waals surface area contributed by atoms with Crippen LogP contribution in [0.15, 0.2) is 53.9 Å². The number of benzene rings is 1. The number of alkyl halides is 3. The number of nitrogens with zero attached hydrogens (tertiary/aromatic N) is 4. The van der Waals surface area contributed by atoms with Gasteiger partial charge in [-0.25, -0.2) is 4.98 Å². The van der Waals surface area contributed by atoms with Crippen LogP contribution in [-0.2, 0) is 18.0 Å². The number of carbonyl (C=O) groups is 1. The first-order valence-corrected chi connectivity index (χ1v) is 8.72. The molecule has 2 heterocycles. The Morgan fingerprint density at radius 2 is 2.07 bits per heavy atom. The van der Waals surface area contributed by atoms with Gasteiger partial charge < -0.3 is 9.88 Å². The average molecular weight is 393 g/mol. The molecule has 10 heteroatoms. The van der Waals surface area contributed by atoms with E-state index < -0.39 is 11.7 Å². The van der Waals surface area contributed by atoms with E-state index in [9.17, 15) is 18.0 Å². The Kier molecular flexibility index (Phi) is 5.45. The summed E-state index contributed by atoms with van der Waals surface area (Å²) in [6.07, 6.45) is -2.10. The molecule has 0 fully saturated rings. The number of pyridine rings is 1. The van der Waals surface area contributed by atoms with Crippen molar-refractivity contribution in [3.05, 3.63) is 54.5 Å². The maximum Gasteiger partial charge on any atom is 0.417 e. The molecule has 0 saturated heterocycles. The SMILES string of the molecule is Cn1cnnc1-c1cccc(NC(=O)CSc2ccc(C(F)(F)F)cn2)c1. The summed E-state index contributed by atoms with van der Waals surface area (Å²) in [5.74, 6) is 0.387. The molecule has 0 aliphatic carbocycles. The standard InChI is InChI=1S/C17H14F3N5OS/c1-25-10-22-24-16(25)11-3-2-4-13(7-11)23-14(26)9-27-15-6-5-12(8-21-15)17(18,19)20/h2-8,10H,9H2,1H3,(H,23,26). The van der Waals surface area contributed by atoms with Gasteiger partial charge >= 0.3 is 6.18 Å². The van der Waals surface area contributed by atoms with Crippen LogP contribution in [0.4, 0.5) is 18.9 Å². The number of hydrogen-bond acceptors (Lipinski definition) is 5. The Morgan fingerprint density at radius 1 is 1.26 bits per heavy atom. The summed E-state index contributed by atoms with van der Waals surface area (Å²) in [7, 11) is 1.81. The van der Waals surface area contributed by atoms with Gasteiger partial charge in [-0.15, -0.1) is 10.2 Å². The highest BCUT2D eigenvalue weighted by atomic mass is 32.2. The van der Waals surface area contributed by atoms with Crippen LogP contribution in [0.1, 0.15) is 5.56 Å². The van der Waals surface area contributed by atoms with Gasteiger partial charge in [0.25, 0.3) is 0 Å². The summed E-state index contributed by atoms with van der Waals surface area (Å²) in [5, 5.41) is 10.9. The maximum atomic E-state index is 12.5. The van der Waals surface area contributed by atoms with E-state index >= 15 is 0 Å². The van der Waals surface area contributed by atoms with E-state index in [0.717, 1.165) is 29.6 Å². The molecule has 0 unspecified atom stereocenters. The number of rotatable bonds is 5. The number of amides is 1. The number of carbonyl (C=O) groups excluding carboxylic acids is 1. The van der Waals surface area contributed by atoms with Crippen LogP contribution in [0.3, 0.4) is 0 Å². The second-order valence-electron chi connectivity index (χ2n) is 5.57. The van der Waals surface area contributed by atoms with Crippen LogP contribution in [0.5, 0.6) is 0 Å². The molecule has 3 rings (SSSR count). The summed E-state index contributed by atoms with van der Waals surface area (Å²) in [6, 6.07) is 9.32. The lowest BCUT2D eigenvalue weighted by Crippen LogP contribution is -2.14. The lowest BCUT2D eigenvalue weighted by Gasteiger charge is -2.08. The van der Waals surface area contributed by atoms with E-state index in [1.807, 2.05) is 13.1 Å². The molecule has 2 aromatic heterocycles. The Balaban J connectivity index is 1.59. The van der Waals surface area contributed by atoms with E-state index in [1.165, 1.54) is 6.07 Å². The molecule has 1 N–H and O–H groups in total. The highest BCUT2D eigenvalue weighted by Crippen LogP contribution is 2.29. The van der Waals surface area contributed by atoms with Crippen LogP contribution in [0.25, 0.3) is 11.4 Å². The largest absolute Gasteiger partial charge is 0.417 e. The van der Waals surface area contributed by atoms with E-state index in [-0.39, 0.29) is 11.7 Å². The zero-order valence-electron chi connectivity index (χ0n) is 14.1. The predicted octanol–water partition coefficient (Wildman–Crippen LogP) is 3.63. The van der Waals surface area contributed by atoms with Crippen molar-refractivity contribution in [1.29, 1.82) is 0 Å². The molecule has 3 aromatic rings. The van der Waals surface area contributed by atoms with Crippen molar-refractivity contribution in [3.63, 3.8) is 0 Å². The fourth-order valence-electron chi connectivity index (χ4n) is 2.25. The second kappa shape index (κ2) is 7.78. The Bertz CT molecular complexity index is 940. The number of anilines is 1. The third kappa shape index (κ3) is 4.85. The van der Waals surface area contributed by atoms with Crippen molar-refractivity contribution >= 4 is 23.4 Å². The third-order valence-electron chi connectivity index (χ3n) is 3.53. The molecule has 0 aliphatic rings. The third-order valence-corrected chi connectivity index (χ3v) is 4.47. The summed E-state index contributed by atoms with van der Waals surface area (Å²) >= 11 is 1.05. The smallest absolute Gasteiger partial charge is 0.325 e. The topological polar surface area (TPSA) is 72.7 Å². The minimum atomic E-state index is -4.43. The molecule has 0 aliphatic heterocycles. The molecule has 6 nitrogen and oxygen atoms in total. The lowest BCUT2D eigenvalue weighted by atomic mass is 10.2. The minimum absolute atomic E-state index is 0.0204. The predicted molar refractivity (Wildman–Crippen MR) is 95.0 cm³/mol. The second-order valence-corrected chi connectivity index (χ2v) is 6.56. The quantitative estimate of drug-likeness (QED) is 0.671. The molecular formula is C17H14F3N5OS. The number of aromatic nitrogens is 4. The fraction of sp³-hybridized carbons (Fsp3) is 0.176. The zero-order chi connectivity index (χ0) is 19.4. The maximum absolute atomic E-state index is 12.5. The lowest BCUT2D eigenvalue weighted by molar-refractivity contribution is -0.137. The number of thioether (sulfide) groups is 1. The minimum Gasteiger partial charge on any atom is -0.325 e. The molecule has 0 atom stereocenters. The number of nitrogens with one attached hydrogen (secondary N) is 1. The molecule has 0 spiro atoms. The van der Waals surface area contributed by atoms with Gasteiger partial charge in [0.1, 0.15) is 6.33 Å². The summed E-state index contributed by atoms with van der Waals surface area (Å²) < 4.78 is 39.3. The monoisotopic (exact) mass is 393 g/mol. The first kappa shape index (κ1) is 18.9. The Hall–Kier alpha value is -2.88. The normalized spacial score (nSPS) is 11.4. The van der Waals surface area contributed by atoms with Crippen molar-refractivity contribution in [2.24, 2.45) is 7.05 Å². The number of aryl methyl sites for hydroxylation is 1. The van der Waals surface area contributed by atoms with Gasteiger partial charge in [-0.3, -0.25) is 4.79 Å². The Morgan fingerprint density at radius 3 is 2.70 bits per heavy atom. The van der Waals surface area contributed by atoms with Crippen LogP contribution >= 0.6 is 11.8 Å². The molecule has 1 amide bonds. The van der Waals surface area contributed by atoms with Crippen LogP contribution in [-0.4, -0.2) is 31.4 Å². The molecule has 0 bridgehead atoms. The number of halogens is 3. The van der Waals surface area contributed by atoms with Crippen molar-refractivity contribution in [1.82, 2.24) is 19.7 Å². The summed E-state index contributed by atoms with van der Waals surface area (Å²) in [6.45, 7) is 0. The van der Waals surface area contributed by atoms with E-state index in [1.54, 1.807) is 29.1 Å². The van der Waals surface area contributed by atoms with E-state index in [2.05, 4.69) is 20.5 Å². The van der Waals surface area contributed by atoms with Gasteiger partial charge in [-0.05, 0) is 24.3 Å². The summed E-state index contributed by atoms with van der Waals surface area (Å²) in [5.41, 5.74) is 0.559. The van der Waals surface area contributed by atoms with Crippen molar-refractivity contribution in [2.75, 3.05) is 11.1 Å². The number of hydrogen-bond donors (Lipinski definition) is 1. The molecular weight excluding hydrogens is 379 g/mol. The van der Waals surface area contributed by atoms with Crippen molar-refractivity contribution in [3.8, 4) is 11.4 Å². The van der Waals surface area contributed by atoms with Crippen LogP contribution in [0, 0.1) is 0 Å². The zero-order valence-corrected chi connectivity index (χ0v) is 14.9. The van der Waals surface area contributed by atoms with Gasteiger partial charge in [0.15, 0.2) is 5.82 Å². The van der Waals surface area contributed by atoms with Gasteiger partial charge in [0.2, 0.25) is 5.91 Å². The van der Waals surface area contributed by atoms with Crippen LogP contribution in [0.2, 0.25) is 0 Å². The molecule has 140 valence electrons. The van der Waals surface area contributed by atoms with E-state index in [4.69, 9.17) is 0 Å². The molecule has 27 heavy (non-hydrogen) atoms. The fourth-order valence-corrected chi connectivity index (χ4v) is 2.89. The van der Waals surface area contributed by atoms with Gasteiger partial charge in [-0.1, -0.05) is 23.9 Å². The van der Waals surface area contributed by atoms with Gasteiger partial charge in [0.05, 0.1) is 16.3 Å². The molecule has 0 radical (unpaired) electrons. The average Bonchev–Trinajstić information content (AvgIpc) is 3.06. The van der Waals surface area contributed by atoms with Gasteiger partial charge in [-0.2, -0.15) is 13.2 Å². The highest BCUT2D eigenvalue weighted by molar-refractivity contribution is 7.99. The van der Waals surface area contributed by atoms with Crippen molar-refractivity contribution in [2.45, 2.75) is 11.2 Å². The molecule has 0 saturated carbocycles. The highest BCUT2D eigenvalue weighted by Gasteiger charge is 2.30.